The van der Waals surface area contributed by atoms with Gasteiger partial charge in [0, 0.05) is 19.2 Å². The van der Waals surface area contributed by atoms with E-state index in [9.17, 15) is 13.2 Å². The molecule has 8 heteroatoms. The summed E-state index contributed by atoms with van der Waals surface area (Å²) < 4.78 is 38.3. The minimum absolute atomic E-state index is 0.0602. The van der Waals surface area contributed by atoms with Crippen LogP contribution in [-0.4, -0.2) is 38.9 Å². The second kappa shape index (κ2) is 8.86. The molecule has 0 aromatic heterocycles. The summed E-state index contributed by atoms with van der Waals surface area (Å²) in [4.78, 5) is 12.7. The van der Waals surface area contributed by atoms with Crippen LogP contribution in [-0.2, 0) is 10.0 Å². The molecule has 0 N–H and O–H groups in total. The Morgan fingerprint density at radius 2 is 1.80 bits per heavy atom. The van der Waals surface area contributed by atoms with Crippen LogP contribution in [0.2, 0.25) is 0 Å². The summed E-state index contributed by atoms with van der Waals surface area (Å²) in [5.41, 5.74) is 0.477. The summed E-state index contributed by atoms with van der Waals surface area (Å²) in [6, 6.07) is 12.3. The SMILES string of the molecule is COc1cc(C#N)ccc1OC(=O)c1cccc(S(=O)(=O)N2CC(C)CC(C)C2)c1. The summed E-state index contributed by atoms with van der Waals surface area (Å²) >= 11 is 0. The second-order valence-corrected chi connectivity index (χ2v) is 9.60. The van der Waals surface area contributed by atoms with Crippen molar-refractivity contribution in [3.63, 3.8) is 0 Å². The standard InChI is InChI=1S/C22H24N2O5S/c1-15-9-16(2)14-24(13-15)30(26,27)19-6-4-5-18(11-19)22(25)29-20-8-7-17(12-23)10-21(20)28-3/h4-8,10-11,15-16H,9,13-14H2,1-3H3. The van der Waals surface area contributed by atoms with E-state index in [0.29, 0.717) is 18.7 Å². The van der Waals surface area contributed by atoms with Crippen molar-refractivity contribution in [2.24, 2.45) is 11.8 Å². The van der Waals surface area contributed by atoms with Crippen molar-refractivity contribution < 1.29 is 22.7 Å². The average molecular weight is 429 g/mol. The van der Waals surface area contributed by atoms with Gasteiger partial charge in [-0.3, -0.25) is 0 Å². The molecular formula is C22H24N2O5S. The Balaban J connectivity index is 1.85. The van der Waals surface area contributed by atoms with Crippen LogP contribution in [0, 0.1) is 23.2 Å². The third-order valence-electron chi connectivity index (χ3n) is 5.04. The number of hydrogen-bond donors (Lipinski definition) is 0. The summed E-state index contributed by atoms with van der Waals surface area (Å²) in [5, 5.41) is 8.98. The molecule has 1 aliphatic rings. The van der Waals surface area contributed by atoms with Gasteiger partial charge in [0.05, 0.1) is 29.2 Å². The van der Waals surface area contributed by atoms with Gasteiger partial charge in [-0.1, -0.05) is 19.9 Å². The number of hydrogen-bond acceptors (Lipinski definition) is 6. The van der Waals surface area contributed by atoms with Crippen LogP contribution in [0.15, 0.2) is 47.4 Å². The second-order valence-electron chi connectivity index (χ2n) is 7.66. The number of benzene rings is 2. The van der Waals surface area contributed by atoms with Gasteiger partial charge in [0.25, 0.3) is 0 Å². The molecule has 0 bridgehead atoms. The van der Waals surface area contributed by atoms with Crippen molar-refractivity contribution in [3.8, 4) is 17.6 Å². The topological polar surface area (TPSA) is 96.7 Å². The number of piperidine rings is 1. The molecule has 30 heavy (non-hydrogen) atoms. The van der Waals surface area contributed by atoms with Crippen molar-refractivity contribution in [2.75, 3.05) is 20.2 Å². The van der Waals surface area contributed by atoms with E-state index in [1.54, 1.807) is 0 Å². The van der Waals surface area contributed by atoms with Crippen molar-refractivity contribution in [2.45, 2.75) is 25.2 Å². The number of nitriles is 1. The number of nitrogens with zero attached hydrogens (tertiary/aromatic N) is 2. The number of ether oxygens (including phenoxy) is 2. The first kappa shape index (κ1) is 21.8. The minimum Gasteiger partial charge on any atom is -0.493 e. The van der Waals surface area contributed by atoms with Crippen LogP contribution >= 0.6 is 0 Å². The highest BCUT2D eigenvalue weighted by Gasteiger charge is 2.32. The molecule has 0 radical (unpaired) electrons. The van der Waals surface area contributed by atoms with Crippen LogP contribution in [0.1, 0.15) is 36.2 Å². The predicted octanol–water partition coefficient (Wildman–Crippen LogP) is 3.45. The Labute approximate surface area is 176 Å². The predicted molar refractivity (Wildman–Crippen MR) is 111 cm³/mol. The summed E-state index contributed by atoms with van der Waals surface area (Å²) in [6.45, 7) is 5.00. The van der Waals surface area contributed by atoms with Gasteiger partial charge < -0.3 is 9.47 Å². The van der Waals surface area contributed by atoms with Crippen molar-refractivity contribution in [1.82, 2.24) is 4.31 Å². The van der Waals surface area contributed by atoms with E-state index in [0.717, 1.165) is 6.42 Å². The Bertz CT molecular complexity index is 1080. The molecule has 1 aliphatic heterocycles. The Morgan fingerprint density at radius 3 is 2.43 bits per heavy atom. The summed E-state index contributed by atoms with van der Waals surface area (Å²) in [6.07, 6.45) is 0.991. The third kappa shape index (κ3) is 4.64. The normalized spacial score (nSPS) is 19.7. The maximum atomic E-state index is 13.1. The van der Waals surface area contributed by atoms with Gasteiger partial charge in [-0.05, 0) is 48.6 Å². The van der Waals surface area contributed by atoms with Gasteiger partial charge in [-0.2, -0.15) is 9.57 Å². The number of esters is 1. The lowest BCUT2D eigenvalue weighted by Crippen LogP contribution is -2.42. The van der Waals surface area contributed by atoms with Gasteiger partial charge in [0.2, 0.25) is 10.0 Å². The molecule has 3 rings (SSSR count). The fourth-order valence-electron chi connectivity index (χ4n) is 3.71. The van der Waals surface area contributed by atoms with E-state index < -0.39 is 16.0 Å². The lowest BCUT2D eigenvalue weighted by molar-refractivity contribution is 0.0729. The molecule has 2 aromatic rings. The third-order valence-corrected chi connectivity index (χ3v) is 6.87. The van der Waals surface area contributed by atoms with Gasteiger partial charge in [-0.15, -0.1) is 0 Å². The minimum atomic E-state index is -3.71. The molecule has 1 heterocycles. The smallest absolute Gasteiger partial charge is 0.343 e. The highest BCUT2D eigenvalue weighted by atomic mass is 32.2. The van der Waals surface area contributed by atoms with Crippen LogP contribution in [0.4, 0.5) is 0 Å². The van der Waals surface area contributed by atoms with Gasteiger partial charge in [-0.25, -0.2) is 13.2 Å². The maximum absolute atomic E-state index is 13.1. The quantitative estimate of drug-likeness (QED) is 0.534. The molecular weight excluding hydrogens is 404 g/mol. The molecule has 0 aliphatic carbocycles. The van der Waals surface area contributed by atoms with Crippen molar-refractivity contribution in [3.05, 3.63) is 53.6 Å². The van der Waals surface area contributed by atoms with Gasteiger partial charge in [0.1, 0.15) is 0 Å². The van der Waals surface area contributed by atoms with E-state index in [1.165, 1.54) is 53.9 Å². The number of methoxy groups -OCH3 is 1. The molecule has 2 unspecified atom stereocenters. The van der Waals surface area contributed by atoms with Crippen molar-refractivity contribution in [1.29, 1.82) is 5.26 Å². The molecule has 2 atom stereocenters. The molecule has 0 saturated carbocycles. The lowest BCUT2D eigenvalue weighted by atomic mass is 9.94. The zero-order valence-corrected chi connectivity index (χ0v) is 18.0. The highest BCUT2D eigenvalue weighted by Crippen LogP contribution is 2.30. The zero-order valence-electron chi connectivity index (χ0n) is 17.2. The van der Waals surface area contributed by atoms with E-state index in [2.05, 4.69) is 0 Å². The number of rotatable bonds is 5. The molecule has 0 spiro atoms. The van der Waals surface area contributed by atoms with Gasteiger partial charge >= 0.3 is 5.97 Å². The van der Waals surface area contributed by atoms with Crippen LogP contribution in [0.25, 0.3) is 0 Å². The highest BCUT2D eigenvalue weighted by molar-refractivity contribution is 7.89. The molecule has 0 amide bonds. The molecule has 2 aromatic carbocycles. The summed E-state index contributed by atoms with van der Waals surface area (Å²) in [7, 11) is -2.31. The molecule has 7 nitrogen and oxygen atoms in total. The van der Waals surface area contributed by atoms with E-state index in [4.69, 9.17) is 14.7 Å². The van der Waals surface area contributed by atoms with Gasteiger partial charge in [0.15, 0.2) is 11.5 Å². The molecule has 158 valence electrons. The maximum Gasteiger partial charge on any atom is 0.343 e. The fourth-order valence-corrected chi connectivity index (χ4v) is 5.44. The first-order chi connectivity index (χ1) is 14.2. The Kier molecular flexibility index (Phi) is 6.44. The first-order valence-electron chi connectivity index (χ1n) is 9.65. The number of carbonyl (C=O) groups excluding carboxylic acids is 1. The van der Waals surface area contributed by atoms with Crippen molar-refractivity contribution >= 4 is 16.0 Å². The average Bonchev–Trinajstić information content (AvgIpc) is 2.73. The number of sulfonamides is 1. The van der Waals surface area contributed by atoms with E-state index in [1.807, 2.05) is 19.9 Å². The number of carbonyl (C=O) groups is 1. The fraction of sp³-hybridized carbons (Fsp3) is 0.364. The zero-order chi connectivity index (χ0) is 21.9. The lowest BCUT2D eigenvalue weighted by Gasteiger charge is -2.34. The molecule has 1 fully saturated rings. The Morgan fingerprint density at radius 1 is 1.10 bits per heavy atom. The Hall–Kier alpha value is -2.89. The largest absolute Gasteiger partial charge is 0.493 e. The van der Waals surface area contributed by atoms with Crippen LogP contribution in [0.3, 0.4) is 0 Å². The van der Waals surface area contributed by atoms with E-state index in [-0.39, 0.29) is 33.8 Å². The van der Waals surface area contributed by atoms with Crippen LogP contribution in [0.5, 0.6) is 11.5 Å². The first-order valence-corrected chi connectivity index (χ1v) is 11.1. The van der Waals surface area contributed by atoms with E-state index >= 15 is 0 Å². The van der Waals surface area contributed by atoms with Crippen LogP contribution < -0.4 is 9.47 Å². The molecule has 1 saturated heterocycles. The summed E-state index contributed by atoms with van der Waals surface area (Å²) in [5.74, 6) is 0.229. The monoisotopic (exact) mass is 428 g/mol.